The Kier molecular flexibility index (Phi) is 8.16. The van der Waals surface area contributed by atoms with Gasteiger partial charge in [-0.1, -0.05) is 23.0 Å². The number of carbonyl (C=O) groups is 1. The van der Waals surface area contributed by atoms with Crippen LogP contribution in [0.4, 0.5) is 4.39 Å². The minimum atomic E-state index is -3.41. The van der Waals surface area contributed by atoms with Gasteiger partial charge in [-0.05, 0) is 50.9 Å². The minimum Gasteiger partial charge on any atom is -0.411 e. The van der Waals surface area contributed by atoms with Crippen LogP contribution in [0, 0.1) is 5.82 Å². The number of aromatic nitrogens is 2. The van der Waals surface area contributed by atoms with Crippen molar-refractivity contribution in [1.29, 1.82) is 0 Å². The molecule has 158 valence electrons. The molecule has 0 radical (unpaired) electrons. The van der Waals surface area contributed by atoms with Gasteiger partial charge in [-0.3, -0.25) is 4.79 Å². The molecule has 0 saturated carbocycles. The van der Waals surface area contributed by atoms with Crippen LogP contribution in [-0.2, 0) is 21.1 Å². The molecule has 13 heteroatoms. The van der Waals surface area contributed by atoms with Crippen LogP contribution in [-0.4, -0.2) is 59.4 Å². The Labute approximate surface area is 179 Å². The standard InChI is InChI=1S/C16H18BrFN4O5S2/c1-9(19-14(23)8-29(2,25)26)7-28-16-15(21-27-22-16)13(20-24)6-10-3-4-12(18)11(17)5-10/h3-5,9,24H,6-8H2,1-2H3,(H,19,23)/t9-/m1/s1. The van der Waals surface area contributed by atoms with Crippen LogP contribution in [0.1, 0.15) is 18.2 Å². The number of rotatable bonds is 9. The maximum absolute atomic E-state index is 13.4. The first-order valence-electron chi connectivity index (χ1n) is 8.16. The Morgan fingerprint density at radius 1 is 1.45 bits per heavy atom. The van der Waals surface area contributed by atoms with Crippen molar-refractivity contribution < 1.29 is 27.4 Å². The average Bonchev–Trinajstić information content (AvgIpc) is 3.07. The zero-order valence-electron chi connectivity index (χ0n) is 15.4. The normalized spacial score (nSPS) is 13.3. The molecule has 1 heterocycles. The highest BCUT2D eigenvalue weighted by atomic mass is 79.9. The van der Waals surface area contributed by atoms with E-state index in [1.807, 2.05) is 0 Å². The maximum atomic E-state index is 13.4. The van der Waals surface area contributed by atoms with Gasteiger partial charge < -0.3 is 10.5 Å². The van der Waals surface area contributed by atoms with Gasteiger partial charge >= 0.3 is 0 Å². The fourth-order valence-corrected chi connectivity index (χ4v) is 4.12. The predicted molar refractivity (Wildman–Crippen MR) is 108 cm³/mol. The maximum Gasteiger partial charge on any atom is 0.235 e. The van der Waals surface area contributed by atoms with E-state index in [0.29, 0.717) is 16.3 Å². The van der Waals surface area contributed by atoms with Crippen molar-refractivity contribution in [1.82, 2.24) is 15.6 Å². The van der Waals surface area contributed by atoms with Gasteiger partial charge in [0.05, 0.1) is 4.47 Å². The van der Waals surface area contributed by atoms with Crippen molar-refractivity contribution in [2.75, 3.05) is 17.8 Å². The highest BCUT2D eigenvalue weighted by Gasteiger charge is 2.20. The predicted octanol–water partition coefficient (Wildman–Crippen LogP) is 2.03. The van der Waals surface area contributed by atoms with E-state index >= 15 is 0 Å². The molecule has 2 N–H and O–H groups in total. The number of hydrogen-bond acceptors (Lipinski definition) is 9. The molecular weight excluding hydrogens is 491 g/mol. The monoisotopic (exact) mass is 508 g/mol. The molecule has 0 aliphatic rings. The fourth-order valence-electron chi connectivity index (χ4n) is 2.26. The molecule has 0 fully saturated rings. The quantitative estimate of drug-likeness (QED) is 0.227. The lowest BCUT2D eigenvalue weighted by atomic mass is 10.1. The van der Waals surface area contributed by atoms with Gasteiger partial charge in [0.1, 0.15) is 17.3 Å². The second-order valence-electron chi connectivity index (χ2n) is 6.24. The highest BCUT2D eigenvalue weighted by Crippen LogP contribution is 2.23. The van der Waals surface area contributed by atoms with E-state index in [2.05, 4.69) is 36.7 Å². The number of nitrogens with one attached hydrogen (secondary N) is 1. The van der Waals surface area contributed by atoms with E-state index in [-0.39, 0.29) is 28.3 Å². The number of amides is 1. The summed E-state index contributed by atoms with van der Waals surface area (Å²) >= 11 is 4.29. The van der Waals surface area contributed by atoms with Crippen molar-refractivity contribution in [3.63, 3.8) is 0 Å². The van der Waals surface area contributed by atoms with E-state index in [9.17, 15) is 22.8 Å². The Balaban J connectivity index is 2.01. The molecule has 0 aliphatic carbocycles. The molecule has 2 aromatic rings. The number of benzene rings is 1. The first-order valence-corrected chi connectivity index (χ1v) is 12.0. The third-order valence-corrected chi connectivity index (χ3v) is 6.08. The molecule has 1 aromatic heterocycles. The minimum absolute atomic E-state index is 0.151. The second kappa shape index (κ2) is 10.2. The fraction of sp³-hybridized carbons (Fsp3) is 0.375. The lowest BCUT2D eigenvalue weighted by molar-refractivity contribution is -0.119. The van der Waals surface area contributed by atoms with E-state index in [1.54, 1.807) is 19.1 Å². The lowest BCUT2D eigenvalue weighted by Gasteiger charge is -2.12. The molecule has 9 nitrogen and oxygen atoms in total. The molecule has 0 spiro atoms. The Hall–Kier alpha value is -1.99. The number of nitrogens with zero attached hydrogens (tertiary/aromatic N) is 3. The number of oxime groups is 1. The van der Waals surface area contributed by atoms with Gasteiger partial charge in [0.25, 0.3) is 0 Å². The Bertz CT molecular complexity index is 1010. The summed E-state index contributed by atoms with van der Waals surface area (Å²) in [5.74, 6) is -1.26. The summed E-state index contributed by atoms with van der Waals surface area (Å²) in [6.45, 7) is 1.71. The number of thioether (sulfide) groups is 1. The van der Waals surface area contributed by atoms with E-state index in [4.69, 9.17) is 4.63 Å². The van der Waals surface area contributed by atoms with Crippen molar-refractivity contribution in [2.24, 2.45) is 5.16 Å². The first kappa shape index (κ1) is 23.3. The van der Waals surface area contributed by atoms with Crippen molar-refractivity contribution >= 4 is 49.1 Å². The average molecular weight is 509 g/mol. The topological polar surface area (TPSA) is 135 Å². The third kappa shape index (κ3) is 7.40. The summed E-state index contributed by atoms with van der Waals surface area (Å²) in [4.78, 5) is 11.7. The summed E-state index contributed by atoms with van der Waals surface area (Å²) in [7, 11) is -3.41. The smallest absolute Gasteiger partial charge is 0.235 e. The van der Waals surface area contributed by atoms with Gasteiger partial charge in [-0.2, -0.15) is 0 Å². The van der Waals surface area contributed by atoms with Gasteiger partial charge in [0.2, 0.25) is 5.91 Å². The largest absolute Gasteiger partial charge is 0.411 e. The highest BCUT2D eigenvalue weighted by molar-refractivity contribution is 9.10. The van der Waals surface area contributed by atoms with E-state index in [0.717, 1.165) is 6.26 Å². The first-order chi connectivity index (χ1) is 13.6. The molecule has 0 aliphatic heterocycles. The SMILES string of the molecule is C[C@H](CSc1nonc1C(Cc1ccc(F)c(Br)c1)=NO)NC(=O)CS(C)(=O)=O. The van der Waals surface area contributed by atoms with Crippen LogP contribution in [0.5, 0.6) is 0 Å². The van der Waals surface area contributed by atoms with Gasteiger partial charge in [-0.25, -0.2) is 17.4 Å². The van der Waals surface area contributed by atoms with Crippen LogP contribution in [0.25, 0.3) is 0 Å². The zero-order valence-corrected chi connectivity index (χ0v) is 18.6. The second-order valence-corrected chi connectivity index (χ2v) is 10.2. The van der Waals surface area contributed by atoms with Gasteiger partial charge in [0.15, 0.2) is 20.6 Å². The molecule has 1 atom stereocenters. The van der Waals surface area contributed by atoms with Crippen molar-refractivity contribution in [3.8, 4) is 0 Å². The van der Waals surface area contributed by atoms with Crippen LogP contribution in [0.2, 0.25) is 0 Å². The molecule has 29 heavy (non-hydrogen) atoms. The summed E-state index contributed by atoms with van der Waals surface area (Å²) in [6, 6.07) is 4.03. The summed E-state index contributed by atoms with van der Waals surface area (Å²) < 4.78 is 40.7. The molecule has 2 rings (SSSR count). The van der Waals surface area contributed by atoms with Crippen molar-refractivity contribution in [2.45, 2.75) is 24.4 Å². The number of hydrogen-bond donors (Lipinski definition) is 2. The Morgan fingerprint density at radius 2 is 2.17 bits per heavy atom. The molecule has 0 unspecified atom stereocenters. The molecule has 0 bridgehead atoms. The molecular formula is C16H18BrFN4O5S2. The van der Waals surface area contributed by atoms with Crippen molar-refractivity contribution in [3.05, 3.63) is 39.7 Å². The zero-order chi connectivity index (χ0) is 21.6. The summed E-state index contributed by atoms with van der Waals surface area (Å²) in [6.07, 6.45) is 1.13. The van der Waals surface area contributed by atoms with Crippen LogP contribution in [0.3, 0.4) is 0 Å². The summed E-state index contributed by atoms with van der Waals surface area (Å²) in [5.41, 5.74) is 1.06. The van der Waals surface area contributed by atoms with Gasteiger partial charge in [-0.15, -0.1) is 0 Å². The number of sulfone groups is 1. The Morgan fingerprint density at radius 3 is 2.79 bits per heavy atom. The molecule has 1 aromatic carbocycles. The van der Waals surface area contributed by atoms with E-state index < -0.39 is 27.3 Å². The lowest BCUT2D eigenvalue weighted by Crippen LogP contribution is -2.37. The van der Waals surface area contributed by atoms with Crippen LogP contribution >= 0.6 is 27.7 Å². The molecule has 1 amide bonds. The third-order valence-electron chi connectivity index (χ3n) is 3.48. The van der Waals surface area contributed by atoms with Crippen LogP contribution < -0.4 is 5.32 Å². The van der Waals surface area contributed by atoms with Crippen LogP contribution in [0.15, 0.2) is 37.5 Å². The molecule has 0 saturated heterocycles. The summed E-state index contributed by atoms with van der Waals surface area (Å²) in [5, 5.41) is 23.1. The number of carbonyl (C=O) groups excluding carboxylic acids is 1. The number of halogens is 2. The van der Waals surface area contributed by atoms with E-state index in [1.165, 1.54) is 17.8 Å². The van der Waals surface area contributed by atoms with Gasteiger partial charge in [0, 0.05) is 24.5 Å².